The van der Waals surface area contributed by atoms with Crippen LogP contribution in [0.5, 0.6) is 5.75 Å². The Bertz CT molecular complexity index is 934. The third kappa shape index (κ3) is 5.01. The Labute approximate surface area is 161 Å². The zero-order valence-corrected chi connectivity index (χ0v) is 17.3. The third-order valence-electron chi connectivity index (χ3n) is 4.16. The molecular weight excluding hydrogens is 364 g/mol. The minimum atomic E-state index is -3.67. The molecule has 0 aromatic heterocycles. The van der Waals surface area contributed by atoms with Crippen LogP contribution >= 0.6 is 0 Å². The SMILES string of the molecule is COc1ccc(C)cc1NC(=O)[C@H](C)N(c1cc(C)cc(C)c1)S(C)(=O)=O. The van der Waals surface area contributed by atoms with E-state index in [0.29, 0.717) is 17.1 Å². The van der Waals surface area contributed by atoms with Gasteiger partial charge in [0.15, 0.2) is 0 Å². The Morgan fingerprint density at radius 2 is 1.63 bits per heavy atom. The van der Waals surface area contributed by atoms with Gasteiger partial charge in [-0.1, -0.05) is 12.1 Å². The lowest BCUT2D eigenvalue weighted by Gasteiger charge is -2.29. The lowest BCUT2D eigenvalue weighted by molar-refractivity contribution is -0.116. The van der Waals surface area contributed by atoms with Crippen LogP contribution in [0.4, 0.5) is 11.4 Å². The van der Waals surface area contributed by atoms with Crippen molar-refractivity contribution in [1.29, 1.82) is 0 Å². The predicted molar refractivity (Wildman–Crippen MR) is 109 cm³/mol. The van der Waals surface area contributed by atoms with Crippen LogP contribution in [-0.4, -0.2) is 33.7 Å². The molecule has 27 heavy (non-hydrogen) atoms. The molecule has 0 aliphatic carbocycles. The standard InChI is InChI=1S/C20H26N2O4S/c1-13-7-8-19(26-5)18(12-13)21-20(23)16(4)22(27(6,24)25)17-10-14(2)9-15(3)11-17/h7-12,16H,1-6H3,(H,21,23)/t16-/m0/s1. The van der Waals surface area contributed by atoms with Gasteiger partial charge in [0.05, 0.1) is 24.7 Å². The largest absolute Gasteiger partial charge is 0.495 e. The van der Waals surface area contributed by atoms with Gasteiger partial charge >= 0.3 is 0 Å². The zero-order valence-electron chi connectivity index (χ0n) is 16.5. The van der Waals surface area contributed by atoms with Gasteiger partial charge in [-0.25, -0.2) is 8.42 Å². The lowest BCUT2D eigenvalue weighted by Crippen LogP contribution is -2.45. The fourth-order valence-corrected chi connectivity index (χ4v) is 4.20. The van der Waals surface area contributed by atoms with Crippen molar-refractivity contribution in [2.24, 2.45) is 0 Å². The van der Waals surface area contributed by atoms with Crippen molar-refractivity contribution in [1.82, 2.24) is 0 Å². The molecule has 0 radical (unpaired) electrons. The number of aryl methyl sites for hydroxylation is 3. The number of hydrogen-bond donors (Lipinski definition) is 1. The first-order valence-corrected chi connectivity index (χ1v) is 10.4. The number of methoxy groups -OCH3 is 1. The van der Waals surface area contributed by atoms with Gasteiger partial charge < -0.3 is 10.1 Å². The number of nitrogens with zero attached hydrogens (tertiary/aromatic N) is 1. The summed E-state index contributed by atoms with van der Waals surface area (Å²) in [4.78, 5) is 12.9. The summed E-state index contributed by atoms with van der Waals surface area (Å²) in [5.74, 6) is 0.0712. The summed E-state index contributed by atoms with van der Waals surface area (Å²) < 4.78 is 31.3. The van der Waals surface area contributed by atoms with E-state index in [1.165, 1.54) is 7.11 Å². The summed E-state index contributed by atoms with van der Waals surface area (Å²) in [7, 11) is -2.15. The van der Waals surface area contributed by atoms with Gasteiger partial charge in [-0.3, -0.25) is 9.10 Å². The van der Waals surface area contributed by atoms with E-state index in [-0.39, 0.29) is 0 Å². The molecule has 0 aliphatic rings. The van der Waals surface area contributed by atoms with Crippen molar-refractivity contribution in [2.75, 3.05) is 23.0 Å². The Morgan fingerprint density at radius 3 is 2.15 bits per heavy atom. The number of carbonyl (C=O) groups excluding carboxylic acids is 1. The molecule has 2 aromatic rings. The quantitative estimate of drug-likeness (QED) is 0.820. The van der Waals surface area contributed by atoms with Gasteiger partial charge in [-0.05, 0) is 68.7 Å². The van der Waals surface area contributed by atoms with E-state index in [9.17, 15) is 13.2 Å². The maximum absolute atomic E-state index is 12.9. The summed E-state index contributed by atoms with van der Waals surface area (Å²) in [5.41, 5.74) is 3.77. The molecule has 146 valence electrons. The Balaban J connectivity index is 2.40. The summed E-state index contributed by atoms with van der Waals surface area (Å²) in [6.07, 6.45) is 1.10. The Morgan fingerprint density at radius 1 is 1.04 bits per heavy atom. The van der Waals surface area contributed by atoms with E-state index in [2.05, 4.69) is 5.32 Å². The molecular formula is C20H26N2O4S. The van der Waals surface area contributed by atoms with Gasteiger partial charge in [0.1, 0.15) is 11.8 Å². The fraction of sp³-hybridized carbons (Fsp3) is 0.350. The number of anilines is 2. The molecule has 2 rings (SSSR count). The summed E-state index contributed by atoms with van der Waals surface area (Å²) in [6.45, 7) is 7.24. The number of rotatable bonds is 6. The van der Waals surface area contributed by atoms with Crippen LogP contribution in [0.15, 0.2) is 36.4 Å². The van der Waals surface area contributed by atoms with Crippen molar-refractivity contribution in [3.05, 3.63) is 53.1 Å². The molecule has 0 fully saturated rings. The van der Waals surface area contributed by atoms with Crippen LogP contribution in [0.3, 0.4) is 0 Å². The average molecular weight is 391 g/mol. The first-order valence-electron chi connectivity index (χ1n) is 8.56. The number of sulfonamides is 1. The van der Waals surface area contributed by atoms with Crippen molar-refractivity contribution >= 4 is 27.3 Å². The number of hydrogen-bond acceptors (Lipinski definition) is 4. The van der Waals surface area contributed by atoms with Crippen LogP contribution in [0, 0.1) is 20.8 Å². The summed E-state index contributed by atoms with van der Waals surface area (Å²) in [6, 6.07) is 9.93. The first kappa shape index (κ1) is 20.8. The molecule has 0 bridgehead atoms. The van der Waals surface area contributed by atoms with E-state index >= 15 is 0 Å². The monoisotopic (exact) mass is 390 g/mol. The number of benzene rings is 2. The molecule has 0 saturated heterocycles. The van der Waals surface area contributed by atoms with E-state index in [4.69, 9.17) is 4.74 Å². The van der Waals surface area contributed by atoms with Crippen LogP contribution in [0.2, 0.25) is 0 Å². The Kier molecular flexibility index (Phi) is 6.15. The van der Waals surface area contributed by atoms with Crippen LogP contribution in [-0.2, 0) is 14.8 Å². The van der Waals surface area contributed by atoms with Gasteiger partial charge in [0, 0.05) is 0 Å². The highest BCUT2D eigenvalue weighted by Gasteiger charge is 2.30. The molecule has 0 unspecified atom stereocenters. The second-order valence-electron chi connectivity index (χ2n) is 6.77. The highest BCUT2D eigenvalue weighted by molar-refractivity contribution is 7.92. The first-order chi connectivity index (χ1) is 12.5. The van der Waals surface area contributed by atoms with Crippen LogP contribution < -0.4 is 14.4 Å². The smallest absolute Gasteiger partial charge is 0.248 e. The second kappa shape index (κ2) is 8.00. The number of amides is 1. The number of carbonyl (C=O) groups is 1. The maximum Gasteiger partial charge on any atom is 0.248 e. The van der Waals surface area contributed by atoms with Gasteiger partial charge in [0.2, 0.25) is 15.9 Å². The number of nitrogens with one attached hydrogen (secondary N) is 1. The van der Waals surface area contributed by atoms with E-state index in [0.717, 1.165) is 27.3 Å². The Hall–Kier alpha value is -2.54. The van der Waals surface area contributed by atoms with Crippen LogP contribution in [0.25, 0.3) is 0 Å². The van der Waals surface area contributed by atoms with E-state index in [1.54, 1.807) is 31.2 Å². The topological polar surface area (TPSA) is 75.7 Å². The van der Waals surface area contributed by atoms with Crippen molar-refractivity contribution in [2.45, 2.75) is 33.7 Å². The van der Waals surface area contributed by atoms with Crippen molar-refractivity contribution in [3.63, 3.8) is 0 Å². The van der Waals surface area contributed by atoms with Crippen molar-refractivity contribution < 1.29 is 17.9 Å². The lowest BCUT2D eigenvalue weighted by atomic mass is 10.1. The second-order valence-corrected chi connectivity index (χ2v) is 8.63. The van der Waals surface area contributed by atoms with E-state index < -0.39 is 22.0 Å². The third-order valence-corrected chi connectivity index (χ3v) is 5.40. The van der Waals surface area contributed by atoms with Crippen LogP contribution in [0.1, 0.15) is 23.6 Å². The predicted octanol–water partition coefficient (Wildman–Crippen LogP) is 3.41. The van der Waals surface area contributed by atoms with E-state index in [1.807, 2.05) is 32.9 Å². The molecule has 0 aliphatic heterocycles. The normalized spacial score (nSPS) is 12.4. The number of ether oxygens (including phenoxy) is 1. The summed E-state index contributed by atoms with van der Waals surface area (Å²) in [5, 5.41) is 2.78. The van der Waals surface area contributed by atoms with Gasteiger partial charge in [-0.2, -0.15) is 0 Å². The highest BCUT2D eigenvalue weighted by Crippen LogP contribution is 2.27. The molecule has 0 heterocycles. The fourth-order valence-electron chi connectivity index (χ4n) is 3.04. The molecule has 6 nitrogen and oxygen atoms in total. The van der Waals surface area contributed by atoms with Crippen molar-refractivity contribution in [3.8, 4) is 5.75 Å². The summed E-state index contributed by atoms with van der Waals surface area (Å²) >= 11 is 0. The molecule has 0 spiro atoms. The molecule has 1 atom stereocenters. The maximum atomic E-state index is 12.9. The minimum absolute atomic E-state index is 0.441. The highest BCUT2D eigenvalue weighted by atomic mass is 32.2. The minimum Gasteiger partial charge on any atom is -0.495 e. The zero-order chi connectivity index (χ0) is 20.4. The molecule has 1 amide bonds. The molecule has 7 heteroatoms. The average Bonchev–Trinajstić information content (AvgIpc) is 2.52. The van der Waals surface area contributed by atoms with Gasteiger partial charge in [-0.15, -0.1) is 0 Å². The molecule has 1 N–H and O–H groups in total. The molecule has 0 saturated carbocycles. The van der Waals surface area contributed by atoms with Gasteiger partial charge in [0.25, 0.3) is 0 Å². The molecule has 2 aromatic carbocycles.